The fourth-order valence-electron chi connectivity index (χ4n) is 2.49. The van der Waals surface area contributed by atoms with Crippen LogP contribution in [-0.2, 0) is 0 Å². The van der Waals surface area contributed by atoms with Crippen LogP contribution in [0.5, 0.6) is 0 Å². The molecular formula is C12H20N2OS. The average molecular weight is 240 g/mol. The lowest BCUT2D eigenvalue weighted by molar-refractivity contribution is -0.0292. The number of hydrogen-bond donors (Lipinski definition) is 2. The Morgan fingerprint density at radius 3 is 3.06 bits per heavy atom. The molecule has 16 heavy (non-hydrogen) atoms. The van der Waals surface area contributed by atoms with Gasteiger partial charge in [-0.3, -0.25) is 4.90 Å². The molecule has 2 heterocycles. The summed E-state index contributed by atoms with van der Waals surface area (Å²) >= 11 is 1.70. The number of hydrogen-bond acceptors (Lipinski definition) is 4. The van der Waals surface area contributed by atoms with Gasteiger partial charge in [-0.2, -0.15) is 11.3 Å². The van der Waals surface area contributed by atoms with Gasteiger partial charge in [0, 0.05) is 19.1 Å². The highest BCUT2D eigenvalue weighted by Gasteiger charge is 2.32. The third kappa shape index (κ3) is 2.63. The SMILES string of the molecule is CC1(O)CCCN(C(CN)c2ccsc2)C1. The second-order valence-corrected chi connectivity index (χ2v) is 5.66. The van der Waals surface area contributed by atoms with Crippen LogP contribution in [0.2, 0.25) is 0 Å². The molecule has 1 aromatic rings. The molecule has 0 aromatic carbocycles. The number of thiophene rings is 1. The normalized spacial score (nSPS) is 29.2. The topological polar surface area (TPSA) is 49.5 Å². The first kappa shape index (κ1) is 12.0. The van der Waals surface area contributed by atoms with Crippen molar-refractivity contribution in [2.45, 2.75) is 31.4 Å². The van der Waals surface area contributed by atoms with E-state index in [1.807, 2.05) is 6.92 Å². The molecule has 0 spiro atoms. The number of piperidine rings is 1. The van der Waals surface area contributed by atoms with Gasteiger partial charge < -0.3 is 10.8 Å². The van der Waals surface area contributed by atoms with Crippen molar-refractivity contribution in [3.8, 4) is 0 Å². The monoisotopic (exact) mass is 240 g/mol. The van der Waals surface area contributed by atoms with Gasteiger partial charge in [-0.1, -0.05) is 0 Å². The third-order valence-corrected chi connectivity index (χ3v) is 4.00. The largest absolute Gasteiger partial charge is 0.389 e. The Balaban J connectivity index is 2.10. The predicted octanol–water partition coefficient (Wildman–Crippen LogP) is 1.59. The van der Waals surface area contributed by atoms with Crippen LogP contribution in [0.25, 0.3) is 0 Å². The fraction of sp³-hybridized carbons (Fsp3) is 0.667. The maximum absolute atomic E-state index is 10.1. The maximum atomic E-state index is 10.1. The Morgan fingerprint density at radius 1 is 1.69 bits per heavy atom. The van der Waals surface area contributed by atoms with Crippen molar-refractivity contribution in [1.82, 2.24) is 4.90 Å². The molecule has 2 atom stereocenters. The molecule has 1 aliphatic heterocycles. The Bertz CT molecular complexity index is 324. The van der Waals surface area contributed by atoms with Gasteiger partial charge in [0.25, 0.3) is 0 Å². The van der Waals surface area contributed by atoms with Crippen molar-refractivity contribution in [2.24, 2.45) is 5.73 Å². The summed E-state index contributed by atoms with van der Waals surface area (Å²) in [5.74, 6) is 0. The van der Waals surface area contributed by atoms with Crippen LogP contribution in [-0.4, -0.2) is 35.2 Å². The minimum absolute atomic E-state index is 0.262. The molecule has 1 fully saturated rings. The van der Waals surface area contributed by atoms with E-state index in [2.05, 4.69) is 21.7 Å². The molecule has 2 unspecified atom stereocenters. The Hall–Kier alpha value is -0.420. The first-order valence-electron chi connectivity index (χ1n) is 5.81. The average Bonchev–Trinajstić information content (AvgIpc) is 2.71. The number of aliphatic hydroxyl groups is 1. The van der Waals surface area contributed by atoms with E-state index in [1.54, 1.807) is 11.3 Å². The summed E-state index contributed by atoms with van der Waals surface area (Å²) in [7, 11) is 0. The highest BCUT2D eigenvalue weighted by Crippen LogP contribution is 2.29. The van der Waals surface area contributed by atoms with E-state index in [-0.39, 0.29) is 6.04 Å². The van der Waals surface area contributed by atoms with Crippen molar-refractivity contribution in [3.05, 3.63) is 22.4 Å². The number of β-amino-alcohol motifs (C(OH)–C–C–N with tert-alkyl or cyclic N) is 1. The van der Waals surface area contributed by atoms with Gasteiger partial charge >= 0.3 is 0 Å². The van der Waals surface area contributed by atoms with Gasteiger partial charge in [0.05, 0.1) is 5.60 Å². The minimum atomic E-state index is -0.554. The lowest BCUT2D eigenvalue weighted by Crippen LogP contribution is -2.48. The van der Waals surface area contributed by atoms with Crippen molar-refractivity contribution < 1.29 is 5.11 Å². The quantitative estimate of drug-likeness (QED) is 0.843. The van der Waals surface area contributed by atoms with Gasteiger partial charge in [-0.15, -0.1) is 0 Å². The standard InChI is InChI=1S/C12H20N2OS/c1-12(15)4-2-5-14(9-12)11(7-13)10-3-6-16-8-10/h3,6,8,11,15H,2,4-5,7,9,13H2,1H3. The second kappa shape index (κ2) is 4.84. The summed E-state index contributed by atoms with van der Waals surface area (Å²) < 4.78 is 0. The first-order valence-corrected chi connectivity index (χ1v) is 6.75. The summed E-state index contributed by atoms with van der Waals surface area (Å²) in [5.41, 5.74) is 6.59. The maximum Gasteiger partial charge on any atom is 0.0746 e. The zero-order valence-corrected chi connectivity index (χ0v) is 10.5. The van der Waals surface area contributed by atoms with E-state index in [4.69, 9.17) is 5.73 Å². The third-order valence-electron chi connectivity index (χ3n) is 3.30. The molecule has 3 nitrogen and oxygen atoms in total. The molecule has 1 aliphatic rings. The van der Waals surface area contributed by atoms with E-state index in [1.165, 1.54) is 5.56 Å². The van der Waals surface area contributed by atoms with Crippen LogP contribution in [0.4, 0.5) is 0 Å². The smallest absolute Gasteiger partial charge is 0.0746 e. The van der Waals surface area contributed by atoms with Crippen molar-refractivity contribution >= 4 is 11.3 Å². The van der Waals surface area contributed by atoms with Gasteiger partial charge in [0.15, 0.2) is 0 Å². The molecule has 0 saturated carbocycles. The van der Waals surface area contributed by atoms with Crippen LogP contribution in [0.1, 0.15) is 31.4 Å². The van der Waals surface area contributed by atoms with Gasteiger partial charge in [-0.05, 0) is 48.7 Å². The lowest BCUT2D eigenvalue weighted by Gasteiger charge is -2.40. The lowest BCUT2D eigenvalue weighted by atomic mass is 9.93. The van der Waals surface area contributed by atoms with Crippen molar-refractivity contribution in [3.63, 3.8) is 0 Å². The molecule has 0 radical (unpaired) electrons. The molecule has 4 heteroatoms. The van der Waals surface area contributed by atoms with Crippen LogP contribution in [0.15, 0.2) is 16.8 Å². The van der Waals surface area contributed by atoms with Crippen molar-refractivity contribution in [2.75, 3.05) is 19.6 Å². The highest BCUT2D eigenvalue weighted by molar-refractivity contribution is 7.07. The zero-order chi connectivity index (χ0) is 11.6. The number of nitrogens with zero attached hydrogens (tertiary/aromatic N) is 1. The summed E-state index contributed by atoms with van der Waals surface area (Å²) in [6.07, 6.45) is 1.94. The molecule has 2 rings (SSSR count). The summed E-state index contributed by atoms with van der Waals surface area (Å²) in [6, 6.07) is 2.39. The molecule has 1 aromatic heterocycles. The molecule has 0 aliphatic carbocycles. The highest BCUT2D eigenvalue weighted by atomic mass is 32.1. The van der Waals surface area contributed by atoms with Crippen LogP contribution >= 0.6 is 11.3 Å². The molecular weight excluding hydrogens is 220 g/mol. The van der Waals surface area contributed by atoms with Gasteiger partial charge in [0.1, 0.15) is 0 Å². The fourth-order valence-corrected chi connectivity index (χ4v) is 3.19. The van der Waals surface area contributed by atoms with Gasteiger partial charge in [0.2, 0.25) is 0 Å². The van der Waals surface area contributed by atoms with E-state index in [0.717, 1.165) is 25.9 Å². The van der Waals surface area contributed by atoms with Crippen molar-refractivity contribution in [1.29, 1.82) is 0 Å². The Kier molecular flexibility index (Phi) is 3.64. The Morgan fingerprint density at radius 2 is 2.50 bits per heavy atom. The molecule has 90 valence electrons. The van der Waals surface area contributed by atoms with E-state index >= 15 is 0 Å². The summed E-state index contributed by atoms with van der Waals surface area (Å²) in [6.45, 7) is 4.30. The summed E-state index contributed by atoms with van der Waals surface area (Å²) in [4.78, 5) is 2.31. The molecule has 1 saturated heterocycles. The van der Waals surface area contributed by atoms with E-state index in [0.29, 0.717) is 6.54 Å². The second-order valence-electron chi connectivity index (χ2n) is 4.88. The van der Waals surface area contributed by atoms with E-state index in [9.17, 15) is 5.11 Å². The number of likely N-dealkylation sites (tertiary alicyclic amines) is 1. The van der Waals surface area contributed by atoms with Crippen LogP contribution < -0.4 is 5.73 Å². The Labute approximate surface area is 101 Å². The molecule has 3 N–H and O–H groups in total. The number of rotatable bonds is 3. The number of nitrogens with two attached hydrogens (primary N) is 1. The zero-order valence-electron chi connectivity index (χ0n) is 9.72. The van der Waals surface area contributed by atoms with Gasteiger partial charge in [-0.25, -0.2) is 0 Å². The summed E-state index contributed by atoms with van der Waals surface area (Å²) in [5, 5.41) is 14.3. The molecule has 0 amide bonds. The van der Waals surface area contributed by atoms with Crippen LogP contribution in [0.3, 0.4) is 0 Å². The first-order chi connectivity index (χ1) is 7.62. The minimum Gasteiger partial charge on any atom is -0.389 e. The predicted molar refractivity (Wildman–Crippen MR) is 67.5 cm³/mol. The van der Waals surface area contributed by atoms with E-state index < -0.39 is 5.60 Å². The van der Waals surface area contributed by atoms with Crippen LogP contribution in [0, 0.1) is 0 Å². The molecule has 0 bridgehead atoms.